The van der Waals surface area contributed by atoms with E-state index in [1.165, 1.54) is 0 Å². The Morgan fingerprint density at radius 3 is 1.94 bits per heavy atom. The molecule has 1 N–H and O–H groups in total. The van der Waals surface area contributed by atoms with Crippen LogP contribution in [0.5, 0.6) is 17.2 Å². The van der Waals surface area contributed by atoms with E-state index < -0.39 is 6.04 Å². The Kier molecular flexibility index (Phi) is 10.2. The fraction of sp³-hybridized carbons (Fsp3) is 0.481. The van der Waals surface area contributed by atoms with Gasteiger partial charge in [0, 0.05) is 18.5 Å². The van der Waals surface area contributed by atoms with Crippen molar-refractivity contribution >= 4 is 11.8 Å². The quantitative estimate of drug-likeness (QED) is 0.459. The highest BCUT2D eigenvalue weighted by atomic mass is 16.5. The van der Waals surface area contributed by atoms with E-state index in [-0.39, 0.29) is 23.8 Å². The number of hydrogen-bond acceptors (Lipinski definition) is 5. The molecule has 0 radical (unpaired) electrons. The van der Waals surface area contributed by atoms with Gasteiger partial charge in [0.05, 0.1) is 20.8 Å². The van der Waals surface area contributed by atoms with Crippen LogP contribution in [0.15, 0.2) is 48.5 Å². The summed E-state index contributed by atoms with van der Waals surface area (Å²) in [6, 6.07) is 14.3. The molecule has 0 spiro atoms. The first-order valence-electron chi connectivity index (χ1n) is 11.7. The van der Waals surface area contributed by atoms with E-state index in [2.05, 4.69) is 5.32 Å². The lowest BCUT2D eigenvalue weighted by atomic mass is 10.0. The van der Waals surface area contributed by atoms with E-state index in [0.29, 0.717) is 26.0 Å². The molecule has 0 unspecified atom stereocenters. The molecule has 0 saturated carbocycles. The number of methoxy groups -OCH3 is 2. The third-order valence-electron chi connectivity index (χ3n) is 5.26. The molecule has 0 fully saturated rings. The second-order valence-electron chi connectivity index (χ2n) is 9.16. The molecule has 0 aromatic heterocycles. The van der Waals surface area contributed by atoms with Gasteiger partial charge in [0.2, 0.25) is 11.8 Å². The summed E-state index contributed by atoms with van der Waals surface area (Å²) in [5.41, 5.74) is 0.552. The largest absolute Gasteiger partial charge is 0.497 e. The predicted octanol–water partition coefficient (Wildman–Crippen LogP) is 4.58. The summed E-state index contributed by atoms with van der Waals surface area (Å²) >= 11 is 0. The maximum absolute atomic E-state index is 13.3. The summed E-state index contributed by atoms with van der Waals surface area (Å²) in [5.74, 6) is 2.00. The van der Waals surface area contributed by atoms with Gasteiger partial charge in [-0.05, 0) is 75.6 Å². The minimum Gasteiger partial charge on any atom is -0.497 e. The molecule has 2 amide bonds. The standard InChI is InChI=1S/C27H38N2O5/c1-7-24(26(31)28-27(2,3)4)29(19-20-10-12-21(32-5)13-11-20)25(30)9-8-18-34-23-16-14-22(33-6)15-17-23/h10-17,24H,7-9,18-19H2,1-6H3,(H,28,31)/t24-/m1/s1. The molecular formula is C27H38N2O5. The summed E-state index contributed by atoms with van der Waals surface area (Å²) < 4.78 is 16.1. The molecule has 7 heteroatoms. The SMILES string of the molecule is CC[C@H](C(=O)NC(C)(C)C)N(Cc1ccc(OC)cc1)C(=O)CCCOc1ccc(OC)cc1. The van der Waals surface area contributed by atoms with Gasteiger partial charge in [-0.3, -0.25) is 9.59 Å². The molecule has 0 aliphatic heterocycles. The van der Waals surface area contributed by atoms with Crippen molar-refractivity contribution in [2.24, 2.45) is 0 Å². The van der Waals surface area contributed by atoms with Crippen LogP contribution in [-0.4, -0.2) is 49.1 Å². The fourth-order valence-corrected chi connectivity index (χ4v) is 3.53. The van der Waals surface area contributed by atoms with Gasteiger partial charge in [-0.1, -0.05) is 19.1 Å². The molecule has 0 bridgehead atoms. The number of rotatable bonds is 12. The Hall–Kier alpha value is -3.22. The summed E-state index contributed by atoms with van der Waals surface area (Å²) in [5, 5.41) is 3.02. The monoisotopic (exact) mass is 470 g/mol. The zero-order chi connectivity index (χ0) is 25.1. The third-order valence-corrected chi connectivity index (χ3v) is 5.26. The van der Waals surface area contributed by atoms with Crippen LogP contribution in [0.4, 0.5) is 0 Å². The van der Waals surface area contributed by atoms with Gasteiger partial charge >= 0.3 is 0 Å². The third kappa shape index (κ3) is 8.61. The highest BCUT2D eigenvalue weighted by Crippen LogP contribution is 2.19. The highest BCUT2D eigenvalue weighted by Gasteiger charge is 2.30. The van der Waals surface area contributed by atoms with Crippen molar-refractivity contribution in [1.29, 1.82) is 0 Å². The Morgan fingerprint density at radius 2 is 1.44 bits per heavy atom. The molecular weight excluding hydrogens is 432 g/mol. The zero-order valence-corrected chi connectivity index (χ0v) is 21.2. The topological polar surface area (TPSA) is 77.1 Å². The highest BCUT2D eigenvalue weighted by molar-refractivity contribution is 5.88. The van der Waals surface area contributed by atoms with Crippen molar-refractivity contribution in [3.63, 3.8) is 0 Å². The van der Waals surface area contributed by atoms with Crippen LogP contribution >= 0.6 is 0 Å². The van der Waals surface area contributed by atoms with Crippen molar-refractivity contribution in [3.8, 4) is 17.2 Å². The van der Waals surface area contributed by atoms with Gasteiger partial charge in [-0.15, -0.1) is 0 Å². The van der Waals surface area contributed by atoms with Crippen molar-refractivity contribution in [2.75, 3.05) is 20.8 Å². The second kappa shape index (κ2) is 12.9. The Morgan fingerprint density at radius 1 is 0.912 bits per heavy atom. The van der Waals surface area contributed by atoms with Crippen LogP contribution < -0.4 is 19.5 Å². The van der Waals surface area contributed by atoms with Crippen molar-refractivity contribution in [1.82, 2.24) is 10.2 Å². The van der Waals surface area contributed by atoms with Crippen molar-refractivity contribution in [2.45, 2.75) is 65.1 Å². The van der Waals surface area contributed by atoms with Gasteiger partial charge in [-0.2, -0.15) is 0 Å². The number of nitrogens with zero attached hydrogens (tertiary/aromatic N) is 1. The van der Waals surface area contributed by atoms with E-state index in [4.69, 9.17) is 14.2 Å². The van der Waals surface area contributed by atoms with E-state index in [1.54, 1.807) is 19.1 Å². The average molecular weight is 471 g/mol. The van der Waals surface area contributed by atoms with Crippen LogP contribution in [0.25, 0.3) is 0 Å². The van der Waals surface area contributed by atoms with Crippen LogP contribution in [0.3, 0.4) is 0 Å². The molecule has 2 aromatic rings. The molecule has 0 saturated heterocycles. The smallest absolute Gasteiger partial charge is 0.243 e. The van der Waals surface area contributed by atoms with E-state index in [1.807, 2.05) is 76.2 Å². The minimum atomic E-state index is -0.559. The van der Waals surface area contributed by atoms with Crippen molar-refractivity contribution < 1.29 is 23.8 Å². The first kappa shape index (κ1) is 27.0. The lowest BCUT2D eigenvalue weighted by Crippen LogP contribution is -2.53. The van der Waals surface area contributed by atoms with Crippen LogP contribution in [0.2, 0.25) is 0 Å². The fourth-order valence-electron chi connectivity index (χ4n) is 3.53. The number of nitrogens with one attached hydrogen (secondary N) is 1. The molecule has 1 atom stereocenters. The van der Waals surface area contributed by atoms with Gasteiger partial charge in [-0.25, -0.2) is 0 Å². The first-order chi connectivity index (χ1) is 16.2. The molecule has 2 aromatic carbocycles. The number of hydrogen-bond donors (Lipinski definition) is 1. The van der Waals surface area contributed by atoms with Gasteiger partial charge in [0.15, 0.2) is 0 Å². The van der Waals surface area contributed by atoms with Crippen molar-refractivity contribution in [3.05, 3.63) is 54.1 Å². The number of benzene rings is 2. The molecule has 0 aliphatic rings. The van der Waals surface area contributed by atoms with Crippen LogP contribution in [-0.2, 0) is 16.1 Å². The molecule has 0 heterocycles. The predicted molar refractivity (Wildman–Crippen MR) is 133 cm³/mol. The second-order valence-corrected chi connectivity index (χ2v) is 9.16. The van der Waals surface area contributed by atoms with Crippen LogP contribution in [0.1, 0.15) is 52.5 Å². The van der Waals surface area contributed by atoms with Gasteiger partial charge in [0.25, 0.3) is 0 Å². The number of carbonyl (C=O) groups excluding carboxylic acids is 2. The number of amides is 2. The van der Waals surface area contributed by atoms with E-state index >= 15 is 0 Å². The van der Waals surface area contributed by atoms with Gasteiger partial charge in [0.1, 0.15) is 23.3 Å². The maximum atomic E-state index is 13.3. The summed E-state index contributed by atoms with van der Waals surface area (Å²) in [6.07, 6.45) is 1.35. The van der Waals surface area contributed by atoms with Crippen LogP contribution in [0, 0.1) is 0 Å². The minimum absolute atomic E-state index is 0.0786. The normalized spacial score (nSPS) is 11.9. The lowest BCUT2D eigenvalue weighted by Gasteiger charge is -2.33. The molecule has 186 valence electrons. The molecule has 2 rings (SSSR count). The Bertz CT molecular complexity index is 904. The molecule has 0 aliphatic carbocycles. The maximum Gasteiger partial charge on any atom is 0.243 e. The first-order valence-corrected chi connectivity index (χ1v) is 11.7. The molecule has 34 heavy (non-hydrogen) atoms. The van der Waals surface area contributed by atoms with E-state index in [9.17, 15) is 9.59 Å². The summed E-state index contributed by atoms with van der Waals surface area (Å²) in [6.45, 7) is 8.48. The Balaban J connectivity index is 2.07. The average Bonchev–Trinajstić information content (AvgIpc) is 2.81. The van der Waals surface area contributed by atoms with Gasteiger partial charge < -0.3 is 24.4 Å². The number of ether oxygens (including phenoxy) is 3. The summed E-state index contributed by atoms with van der Waals surface area (Å²) in [7, 11) is 3.23. The molecule has 7 nitrogen and oxygen atoms in total. The number of carbonyl (C=O) groups is 2. The zero-order valence-electron chi connectivity index (χ0n) is 21.2. The Labute approximate surface area is 203 Å². The summed E-state index contributed by atoms with van der Waals surface area (Å²) in [4.78, 5) is 28.0. The lowest BCUT2D eigenvalue weighted by molar-refractivity contribution is -0.142. The van der Waals surface area contributed by atoms with E-state index in [0.717, 1.165) is 22.8 Å².